The van der Waals surface area contributed by atoms with Gasteiger partial charge < -0.3 is 19.5 Å². The van der Waals surface area contributed by atoms with E-state index in [2.05, 4.69) is 15.8 Å². The number of rotatable bonds is 12. The minimum Gasteiger partial charge on any atom is -0.494 e. The third kappa shape index (κ3) is 9.92. The standard InChI is InChI=1S/C33H27Cl2N3O7/c1-2-17-43-27-14-7-21(8-15-27)31(40)36-20-30(39)38-37-19-24-9-16-28(44-32(41)22-3-10-25(34)11-4-22)18-29(24)45-33(42)23-5-12-26(35)13-6-23/h3-16,18-19H,2,17,20H2,1H3,(H,36,40)(H,38,39)/b37-19+. The van der Waals surface area contributed by atoms with Crippen molar-refractivity contribution in [3.05, 3.63) is 123 Å². The predicted octanol–water partition coefficient (Wildman–Crippen LogP) is 6.10. The van der Waals surface area contributed by atoms with E-state index >= 15 is 0 Å². The van der Waals surface area contributed by atoms with E-state index in [1.807, 2.05) is 6.92 Å². The van der Waals surface area contributed by atoms with Crippen LogP contribution in [0.1, 0.15) is 50.0 Å². The first-order valence-electron chi connectivity index (χ1n) is 13.6. The SMILES string of the molecule is CCCOc1ccc(C(=O)NCC(=O)N/N=C/c2ccc(OC(=O)c3ccc(Cl)cc3)cc2OC(=O)c2ccc(Cl)cc2)cc1. The van der Waals surface area contributed by atoms with Crippen molar-refractivity contribution in [1.82, 2.24) is 10.7 Å². The molecule has 0 saturated carbocycles. The first kappa shape index (κ1) is 32.7. The summed E-state index contributed by atoms with van der Waals surface area (Å²) in [6.07, 6.45) is 2.10. The van der Waals surface area contributed by atoms with Crippen LogP contribution in [0.2, 0.25) is 10.0 Å². The van der Waals surface area contributed by atoms with Gasteiger partial charge in [0.25, 0.3) is 11.8 Å². The molecule has 4 rings (SSSR count). The summed E-state index contributed by atoms with van der Waals surface area (Å²) in [5, 5.41) is 7.33. The molecule has 0 heterocycles. The molecule has 0 radical (unpaired) electrons. The van der Waals surface area contributed by atoms with Crippen molar-refractivity contribution >= 4 is 53.2 Å². The number of carbonyl (C=O) groups is 4. The number of hydrazone groups is 1. The van der Waals surface area contributed by atoms with Gasteiger partial charge in [0.05, 0.1) is 30.5 Å². The van der Waals surface area contributed by atoms with Crippen LogP contribution < -0.4 is 25.0 Å². The smallest absolute Gasteiger partial charge is 0.343 e. The normalized spacial score (nSPS) is 10.6. The summed E-state index contributed by atoms with van der Waals surface area (Å²) in [4.78, 5) is 50.2. The van der Waals surface area contributed by atoms with Crippen molar-refractivity contribution in [2.45, 2.75) is 13.3 Å². The van der Waals surface area contributed by atoms with Crippen LogP contribution in [0.15, 0.2) is 96.1 Å². The van der Waals surface area contributed by atoms with Crippen molar-refractivity contribution in [1.29, 1.82) is 0 Å². The van der Waals surface area contributed by atoms with Gasteiger partial charge >= 0.3 is 11.9 Å². The van der Waals surface area contributed by atoms with Gasteiger partial charge in [-0.05, 0) is 91.3 Å². The van der Waals surface area contributed by atoms with Crippen LogP contribution in [0.5, 0.6) is 17.2 Å². The molecule has 0 aromatic heterocycles. The maximum absolute atomic E-state index is 12.8. The molecule has 0 aliphatic heterocycles. The van der Waals surface area contributed by atoms with Crippen molar-refractivity contribution < 1.29 is 33.4 Å². The van der Waals surface area contributed by atoms with Crippen LogP contribution >= 0.6 is 23.2 Å². The van der Waals surface area contributed by atoms with E-state index < -0.39 is 23.8 Å². The zero-order chi connectivity index (χ0) is 32.2. The third-order valence-corrected chi connectivity index (χ3v) is 6.45. The summed E-state index contributed by atoms with van der Waals surface area (Å²) in [6.45, 7) is 2.22. The molecule has 230 valence electrons. The Balaban J connectivity index is 1.41. The zero-order valence-corrected chi connectivity index (χ0v) is 25.4. The van der Waals surface area contributed by atoms with E-state index in [9.17, 15) is 19.2 Å². The Kier molecular flexibility index (Phi) is 11.7. The van der Waals surface area contributed by atoms with Gasteiger partial charge in [-0.1, -0.05) is 30.1 Å². The highest BCUT2D eigenvalue weighted by atomic mass is 35.5. The lowest BCUT2D eigenvalue weighted by atomic mass is 10.2. The zero-order valence-electron chi connectivity index (χ0n) is 23.9. The molecule has 0 fully saturated rings. The highest BCUT2D eigenvalue weighted by Crippen LogP contribution is 2.26. The highest BCUT2D eigenvalue weighted by molar-refractivity contribution is 6.31. The van der Waals surface area contributed by atoms with Crippen molar-refractivity contribution in [2.75, 3.05) is 13.2 Å². The van der Waals surface area contributed by atoms with Crippen LogP contribution in [-0.4, -0.2) is 43.1 Å². The highest BCUT2D eigenvalue weighted by Gasteiger charge is 2.15. The monoisotopic (exact) mass is 647 g/mol. The molecular formula is C33H27Cl2N3O7. The van der Waals surface area contributed by atoms with Crippen molar-refractivity contribution in [2.24, 2.45) is 5.10 Å². The third-order valence-electron chi connectivity index (χ3n) is 5.95. The molecule has 0 aliphatic rings. The largest absolute Gasteiger partial charge is 0.494 e. The molecule has 12 heteroatoms. The molecule has 2 N–H and O–H groups in total. The van der Waals surface area contributed by atoms with Gasteiger partial charge in [0.1, 0.15) is 17.2 Å². The maximum Gasteiger partial charge on any atom is 0.343 e. The lowest BCUT2D eigenvalue weighted by molar-refractivity contribution is -0.120. The Morgan fingerprint density at radius 1 is 0.733 bits per heavy atom. The molecule has 4 aromatic rings. The number of amides is 2. The summed E-state index contributed by atoms with van der Waals surface area (Å²) in [6, 6.07) is 23.0. The van der Waals surface area contributed by atoms with Gasteiger partial charge in [-0.15, -0.1) is 0 Å². The number of carbonyl (C=O) groups excluding carboxylic acids is 4. The van der Waals surface area contributed by atoms with Gasteiger partial charge in [0.2, 0.25) is 0 Å². The van der Waals surface area contributed by atoms with E-state index in [1.165, 1.54) is 60.8 Å². The maximum atomic E-state index is 12.8. The summed E-state index contributed by atoms with van der Waals surface area (Å²) in [5.41, 5.74) is 3.42. The number of halogens is 2. The van der Waals surface area contributed by atoms with Crippen LogP contribution in [0, 0.1) is 0 Å². The summed E-state index contributed by atoms with van der Waals surface area (Å²) in [5.74, 6) is -1.69. The quantitative estimate of drug-likeness (QED) is 0.0821. The fraction of sp³-hybridized carbons (Fsp3) is 0.121. The van der Waals surface area contributed by atoms with Crippen LogP contribution in [-0.2, 0) is 4.79 Å². The molecule has 10 nitrogen and oxygen atoms in total. The number of nitrogens with zero attached hydrogens (tertiary/aromatic N) is 1. The summed E-state index contributed by atoms with van der Waals surface area (Å²) >= 11 is 11.8. The molecular weight excluding hydrogens is 621 g/mol. The summed E-state index contributed by atoms with van der Waals surface area (Å²) < 4.78 is 16.5. The molecule has 4 aromatic carbocycles. The molecule has 0 aliphatic carbocycles. The van der Waals surface area contributed by atoms with Crippen LogP contribution in [0.25, 0.3) is 0 Å². The van der Waals surface area contributed by atoms with Gasteiger partial charge in [-0.25, -0.2) is 15.0 Å². The topological polar surface area (TPSA) is 132 Å². The first-order valence-corrected chi connectivity index (χ1v) is 14.4. The number of hydrogen-bond acceptors (Lipinski definition) is 8. The van der Waals surface area contributed by atoms with E-state index in [-0.39, 0.29) is 34.7 Å². The van der Waals surface area contributed by atoms with Gasteiger partial charge in [-0.3, -0.25) is 9.59 Å². The average Bonchev–Trinajstić information content (AvgIpc) is 3.04. The number of nitrogens with one attached hydrogen (secondary N) is 2. The molecule has 2 amide bonds. The number of ether oxygens (including phenoxy) is 3. The Bertz CT molecular complexity index is 1690. The number of hydrogen-bond donors (Lipinski definition) is 2. The second-order valence-electron chi connectivity index (χ2n) is 9.34. The van der Waals surface area contributed by atoms with E-state index in [0.717, 1.165) is 6.42 Å². The van der Waals surface area contributed by atoms with Gasteiger partial charge in [0.15, 0.2) is 0 Å². The van der Waals surface area contributed by atoms with Crippen LogP contribution in [0.4, 0.5) is 0 Å². The minimum atomic E-state index is -0.709. The second kappa shape index (κ2) is 16.0. The fourth-order valence-electron chi connectivity index (χ4n) is 3.67. The molecule has 0 atom stereocenters. The number of benzene rings is 4. The van der Waals surface area contributed by atoms with Crippen molar-refractivity contribution in [3.63, 3.8) is 0 Å². The van der Waals surface area contributed by atoms with E-state index in [0.29, 0.717) is 28.0 Å². The van der Waals surface area contributed by atoms with Gasteiger partial charge in [-0.2, -0.15) is 5.10 Å². The second-order valence-corrected chi connectivity index (χ2v) is 10.2. The lowest BCUT2D eigenvalue weighted by Gasteiger charge is -2.11. The molecule has 45 heavy (non-hydrogen) atoms. The summed E-state index contributed by atoms with van der Waals surface area (Å²) in [7, 11) is 0. The van der Waals surface area contributed by atoms with E-state index in [4.69, 9.17) is 37.4 Å². The Morgan fingerprint density at radius 3 is 1.89 bits per heavy atom. The predicted molar refractivity (Wildman–Crippen MR) is 170 cm³/mol. The molecule has 0 bridgehead atoms. The first-order chi connectivity index (χ1) is 21.7. The Hall–Kier alpha value is -5.19. The molecule has 0 saturated heterocycles. The number of esters is 2. The van der Waals surface area contributed by atoms with E-state index in [1.54, 1.807) is 36.4 Å². The fourth-order valence-corrected chi connectivity index (χ4v) is 3.92. The minimum absolute atomic E-state index is 0.00554. The van der Waals surface area contributed by atoms with Crippen LogP contribution in [0.3, 0.4) is 0 Å². The lowest BCUT2D eigenvalue weighted by Crippen LogP contribution is -2.34. The average molecular weight is 648 g/mol. The van der Waals surface area contributed by atoms with Crippen molar-refractivity contribution in [3.8, 4) is 17.2 Å². The Morgan fingerprint density at radius 2 is 1.29 bits per heavy atom. The Labute approximate surface area is 268 Å². The van der Waals surface area contributed by atoms with Gasteiger partial charge in [0, 0.05) is 27.2 Å². The molecule has 0 unspecified atom stereocenters. The molecule has 0 spiro atoms.